The van der Waals surface area contributed by atoms with Crippen molar-refractivity contribution in [2.24, 2.45) is 0 Å². The van der Waals surface area contributed by atoms with Gasteiger partial charge in [-0.25, -0.2) is 0 Å². The molecule has 0 aliphatic heterocycles. The van der Waals surface area contributed by atoms with E-state index in [2.05, 4.69) is 0 Å². The number of rotatable bonds is 4. The zero-order chi connectivity index (χ0) is 17.2. The molecule has 0 unspecified atom stereocenters. The lowest BCUT2D eigenvalue weighted by atomic mass is 10.00. The molecule has 6 heteroatoms. The second-order valence-electron chi connectivity index (χ2n) is 5.35. The minimum Gasteiger partial charge on any atom is -0.166 e. The highest BCUT2D eigenvalue weighted by molar-refractivity contribution is 7.80. The third-order valence-corrected chi connectivity index (χ3v) is 4.28. The number of hydrogen-bond donors (Lipinski definition) is 0. The maximum absolute atomic E-state index is 12.9. The summed E-state index contributed by atoms with van der Waals surface area (Å²) in [6.07, 6.45) is -3.59. The highest BCUT2D eigenvalue weighted by atomic mass is 35.5. The molecule has 0 saturated heterocycles. The average Bonchev–Trinajstić information content (AvgIpc) is 2.41. The van der Waals surface area contributed by atoms with Crippen LogP contribution in [0.4, 0.5) is 13.2 Å². The van der Waals surface area contributed by atoms with E-state index < -0.39 is 11.7 Å². The Morgan fingerprint density at radius 2 is 1.61 bits per heavy atom. The Bertz CT molecular complexity index is 739. The molecule has 2 rings (SSSR count). The summed E-state index contributed by atoms with van der Waals surface area (Å²) in [4.78, 5) is 0.641. The highest BCUT2D eigenvalue weighted by Gasteiger charge is 2.30. The quantitative estimate of drug-likeness (QED) is 0.550. The van der Waals surface area contributed by atoms with Gasteiger partial charge in [-0.05, 0) is 42.3 Å². The van der Waals surface area contributed by atoms with E-state index in [-0.39, 0.29) is 0 Å². The lowest BCUT2D eigenvalue weighted by Gasteiger charge is -2.11. The van der Waals surface area contributed by atoms with E-state index in [0.717, 1.165) is 17.7 Å². The van der Waals surface area contributed by atoms with Crippen molar-refractivity contribution in [1.82, 2.24) is 0 Å². The number of hydrogen-bond acceptors (Lipinski definition) is 1. The van der Waals surface area contributed by atoms with Gasteiger partial charge in [0.15, 0.2) is 0 Å². The van der Waals surface area contributed by atoms with Crippen molar-refractivity contribution >= 4 is 40.3 Å². The molecule has 0 fully saturated rings. The molecule has 0 atom stereocenters. The molecule has 0 nitrogen and oxygen atoms in total. The van der Waals surface area contributed by atoms with Gasteiger partial charge in [0.1, 0.15) is 0 Å². The van der Waals surface area contributed by atoms with Gasteiger partial charge in [0, 0.05) is 17.7 Å². The molecule has 0 N–H and O–H groups in total. The summed E-state index contributed by atoms with van der Waals surface area (Å²) in [5.41, 5.74) is 1.35. The van der Waals surface area contributed by atoms with Gasteiger partial charge in [-0.2, -0.15) is 13.2 Å². The summed E-state index contributed by atoms with van der Waals surface area (Å²) in [7, 11) is 0. The van der Waals surface area contributed by atoms with Crippen molar-refractivity contribution < 1.29 is 13.2 Å². The van der Waals surface area contributed by atoms with Crippen LogP contribution in [-0.2, 0) is 19.0 Å². The molecule has 0 saturated carbocycles. The summed E-state index contributed by atoms with van der Waals surface area (Å²) in [5, 5.41) is 0.886. The number of halogens is 5. The Hall–Kier alpha value is -1.10. The van der Waals surface area contributed by atoms with Gasteiger partial charge in [0.05, 0.1) is 15.6 Å². The van der Waals surface area contributed by atoms with Crippen molar-refractivity contribution in [2.75, 3.05) is 0 Å². The molecule has 0 spiro atoms. The zero-order valence-corrected chi connectivity index (χ0v) is 14.5. The van der Waals surface area contributed by atoms with Gasteiger partial charge < -0.3 is 0 Å². The number of aryl methyl sites for hydroxylation is 1. The molecule has 0 heterocycles. The van der Waals surface area contributed by atoms with Gasteiger partial charge in [0.2, 0.25) is 0 Å². The van der Waals surface area contributed by atoms with Crippen LogP contribution in [0.2, 0.25) is 10.0 Å². The second-order valence-corrected chi connectivity index (χ2v) is 6.74. The Morgan fingerprint density at radius 3 is 2.22 bits per heavy atom. The third-order valence-electron chi connectivity index (χ3n) is 3.25. The lowest BCUT2D eigenvalue weighted by Crippen LogP contribution is -2.09. The lowest BCUT2D eigenvalue weighted by molar-refractivity contribution is -0.137. The van der Waals surface area contributed by atoms with Crippen LogP contribution in [-0.4, -0.2) is 4.86 Å². The van der Waals surface area contributed by atoms with Crippen LogP contribution in [0.15, 0.2) is 36.4 Å². The second kappa shape index (κ2) is 7.20. The van der Waals surface area contributed by atoms with Crippen LogP contribution < -0.4 is 0 Å². The van der Waals surface area contributed by atoms with Crippen LogP contribution in [0.1, 0.15) is 22.3 Å². The molecule has 0 aromatic heterocycles. The topological polar surface area (TPSA) is 0 Å². The Balaban J connectivity index is 2.14. The Morgan fingerprint density at radius 1 is 0.957 bits per heavy atom. The normalized spacial score (nSPS) is 11.6. The summed E-state index contributed by atoms with van der Waals surface area (Å²) >= 11 is 17.1. The fourth-order valence-electron chi connectivity index (χ4n) is 2.30. The van der Waals surface area contributed by atoms with Crippen LogP contribution in [0.5, 0.6) is 0 Å². The van der Waals surface area contributed by atoms with Gasteiger partial charge >= 0.3 is 6.18 Å². The smallest absolute Gasteiger partial charge is 0.166 e. The average molecular weight is 377 g/mol. The molecule has 2 aromatic carbocycles. The zero-order valence-electron chi connectivity index (χ0n) is 12.2. The SMILES string of the molecule is Cc1cc(CC(=S)Cc2ccc(Cl)c(Cl)c2)cc(C(F)(F)F)c1. The van der Waals surface area contributed by atoms with E-state index >= 15 is 0 Å². The molecule has 122 valence electrons. The first-order valence-corrected chi connectivity index (χ1v) is 7.95. The van der Waals surface area contributed by atoms with Crippen LogP contribution >= 0.6 is 35.4 Å². The fraction of sp³-hybridized carbons (Fsp3) is 0.235. The fourth-order valence-corrected chi connectivity index (χ4v) is 2.95. The molecule has 23 heavy (non-hydrogen) atoms. The maximum Gasteiger partial charge on any atom is 0.416 e. The van der Waals surface area contributed by atoms with Gasteiger partial charge in [-0.3, -0.25) is 0 Å². The molecular weight excluding hydrogens is 364 g/mol. The Labute approximate surface area is 148 Å². The standard InChI is InChI=1S/C17H13Cl2F3S/c1-10-4-12(6-13(5-10)17(20,21)22)8-14(23)7-11-2-3-15(18)16(19)9-11/h2-6,9H,7-8H2,1H3. The van der Waals surface area contributed by atoms with Crippen molar-refractivity contribution in [3.05, 3.63) is 68.7 Å². The van der Waals surface area contributed by atoms with E-state index in [4.69, 9.17) is 35.4 Å². The van der Waals surface area contributed by atoms with Gasteiger partial charge in [-0.1, -0.05) is 53.1 Å². The van der Waals surface area contributed by atoms with Crippen molar-refractivity contribution in [3.8, 4) is 0 Å². The molecular formula is C17H13Cl2F3S. The van der Waals surface area contributed by atoms with Crippen LogP contribution in [0.3, 0.4) is 0 Å². The molecule has 2 aromatic rings. The van der Waals surface area contributed by atoms with E-state index in [1.165, 1.54) is 0 Å². The highest BCUT2D eigenvalue weighted by Crippen LogP contribution is 2.31. The summed E-state index contributed by atoms with van der Waals surface area (Å²) in [6.45, 7) is 1.64. The minimum atomic E-state index is -4.36. The third kappa shape index (κ3) is 5.20. The van der Waals surface area contributed by atoms with E-state index in [1.807, 2.05) is 0 Å². The predicted molar refractivity (Wildman–Crippen MR) is 92.6 cm³/mol. The molecule has 0 amide bonds. The minimum absolute atomic E-state index is 0.306. The van der Waals surface area contributed by atoms with Gasteiger partial charge in [-0.15, -0.1) is 0 Å². The number of benzene rings is 2. The molecule has 0 bridgehead atoms. The van der Waals surface area contributed by atoms with Gasteiger partial charge in [0.25, 0.3) is 0 Å². The summed E-state index contributed by atoms with van der Waals surface area (Å²) in [6, 6.07) is 9.19. The van der Waals surface area contributed by atoms with E-state index in [9.17, 15) is 13.2 Å². The van der Waals surface area contributed by atoms with Crippen molar-refractivity contribution in [1.29, 1.82) is 0 Å². The van der Waals surface area contributed by atoms with E-state index in [1.54, 1.807) is 31.2 Å². The monoisotopic (exact) mass is 376 g/mol. The first kappa shape index (κ1) is 18.2. The van der Waals surface area contributed by atoms with Crippen molar-refractivity contribution in [3.63, 3.8) is 0 Å². The van der Waals surface area contributed by atoms with Crippen molar-refractivity contribution in [2.45, 2.75) is 25.9 Å². The predicted octanol–water partition coefficient (Wildman–Crippen LogP) is 6.48. The largest absolute Gasteiger partial charge is 0.416 e. The first-order valence-electron chi connectivity index (χ1n) is 6.78. The van der Waals surface area contributed by atoms with E-state index in [0.29, 0.717) is 38.9 Å². The summed E-state index contributed by atoms with van der Waals surface area (Å²) < 4.78 is 38.6. The first-order chi connectivity index (χ1) is 10.6. The number of alkyl halides is 3. The summed E-state index contributed by atoms with van der Waals surface area (Å²) in [5.74, 6) is 0. The van der Waals surface area contributed by atoms with Crippen LogP contribution in [0, 0.1) is 6.92 Å². The maximum atomic E-state index is 12.9. The van der Waals surface area contributed by atoms with Crippen LogP contribution in [0.25, 0.3) is 0 Å². The molecule has 0 aliphatic carbocycles. The number of thiocarbonyl (C=S) groups is 1. The molecule has 0 radical (unpaired) electrons. The Kier molecular flexibility index (Phi) is 5.71. The molecule has 0 aliphatic rings.